The van der Waals surface area contributed by atoms with E-state index in [1.807, 2.05) is 0 Å². The van der Waals surface area contributed by atoms with Crippen LogP contribution in [0.4, 0.5) is 0 Å². The number of nitrogens with one attached hydrogen (secondary N) is 1. The van der Waals surface area contributed by atoms with Crippen molar-refractivity contribution in [2.75, 3.05) is 0 Å². The predicted molar refractivity (Wildman–Crippen MR) is 107 cm³/mol. The number of rotatable bonds is 6. The molecule has 3 rings (SSSR count). The van der Waals surface area contributed by atoms with E-state index in [1.54, 1.807) is 60.7 Å². The molecule has 0 aliphatic carbocycles. The van der Waals surface area contributed by atoms with E-state index in [0.29, 0.717) is 21.9 Å². The monoisotopic (exact) mass is 414 g/mol. The maximum absolute atomic E-state index is 12.1. The zero-order chi connectivity index (χ0) is 20.0. The summed E-state index contributed by atoms with van der Waals surface area (Å²) < 4.78 is 29.4. The van der Waals surface area contributed by atoms with E-state index in [1.165, 1.54) is 24.4 Å². The molecule has 0 aromatic heterocycles. The number of ether oxygens (including phenoxy) is 1. The molecule has 6 nitrogen and oxygen atoms in total. The Hall–Kier alpha value is -3.16. The zero-order valence-corrected chi connectivity index (χ0v) is 16.0. The average Bonchev–Trinajstić information content (AvgIpc) is 2.70. The Morgan fingerprint density at radius 1 is 0.964 bits per heavy atom. The van der Waals surface area contributed by atoms with Crippen LogP contribution in [0.15, 0.2) is 88.9 Å². The summed E-state index contributed by atoms with van der Waals surface area (Å²) in [7, 11) is -3.72. The van der Waals surface area contributed by atoms with Crippen molar-refractivity contribution in [3.63, 3.8) is 0 Å². The normalized spacial score (nSPS) is 11.3. The lowest BCUT2D eigenvalue weighted by atomic mass is 10.2. The lowest BCUT2D eigenvalue weighted by Gasteiger charge is -2.05. The Morgan fingerprint density at radius 2 is 1.68 bits per heavy atom. The third kappa shape index (κ3) is 5.18. The smallest absolute Gasteiger partial charge is 0.343 e. The van der Waals surface area contributed by atoms with Crippen molar-refractivity contribution in [1.29, 1.82) is 0 Å². The van der Waals surface area contributed by atoms with Crippen molar-refractivity contribution < 1.29 is 17.9 Å². The zero-order valence-electron chi connectivity index (χ0n) is 14.4. The minimum absolute atomic E-state index is 0.121. The minimum atomic E-state index is -3.72. The highest BCUT2D eigenvalue weighted by molar-refractivity contribution is 7.89. The summed E-state index contributed by atoms with van der Waals surface area (Å²) in [4.78, 5) is 14.3. The fraction of sp³-hybridized carbons (Fsp3) is 0. The van der Waals surface area contributed by atoms with Crippen LogP contribution in [0, 0.1) is 0 Å². The second-order valence-corrected chi connectivity index (χ2v) is 7.73. The van der Waals surface area contributed by atoms with Crippen LogP contribution in [-0.4, -0.2) is 20.6 Å². The summed E-state index contributed by atoms with van der Waals surface area (Å²) in [6.07, 6.45) is 1.35. The number of nitrogens with zero attached hydrogens (tertiary/aromatic N) is 1. The highest BCUT2D eigenvalue weighted by Gasteiger charge is 2.11. The van der Waals surface area contributed by atoms with Gasteiger partial charge in [0.25, 0.3) is 10.0 Å². The first-order valence-electron chi connectivity index (χ1n) is 8.12. The summed E-state index contributed by atoms with van der Waals surface area (Å²) in [6.45, 7) is 0. The Labute approximate surface area is 167 Å². The molecule has 8 heteroatoms. The van der Waals surface area contributed by atoms with E-state index >= 15 is 0 Å². The number of hydrazone groups is 1. The van der Waals surface area contributed by atoms with Crippen LogP contribution in [-0.2, 0) is 10.0 Å². The van der Waals surface area contributed by atoms with E-state index < -0.39 is 16.0 Å². The molecular weight excluding hydrogens is 400 g/mol. The molecule has 0 saturated heterocycles. The summed E-state index contributed by atoms with van der Waals surface area (Å²) in [6, 6.07) is 20.8. The Balaban J connectivity index is 1.61. The van der Waals surface area contributed by atoms with Crippen molar-refractivity contribution in [1.82, 2.24) is 4.83 Å². The van der Waals surface area contributed by atoms with Crippen LogP contribution >= 0.6 is 11.6 Å². The van der Waals surface area contributed by atoms with Gasteiger partial charge in [-0.05, 0) is 60.2 Å². The molecule has 142 valence electrons. The van der Waals surface area contributed by atoms with Crippen molar-refractivity contribution in [2.45, 2.75) is 4.90 Å². The third-order valence-electron chi connectivity index (χ3n) is 3.59. The minimum Gasteiger partial charge on any atom is -0.423 e. The van der Waals surface area contributed by atoms with Crippen molar-refractivity contribution in [3.8, 4) is 5.75 Å². The number of benzene rings is 3. The molecule has 0 bridgehead atoms. The van der Waals surface area contributed by atoms with Crippen molar-refractivity contribution in [2.24, 2.45) is 5.10 Å². The van der Waals surface area contributed by atoms with Crippen LogP contribution in [0.2, 0.25) is 5.02 Å². The van der Waals surface area contributed by atoms with Gasteiger partial charge in [-0.2, -0.15) is 13.5 Å². The number of carbonyl (C=O) groups is 1. The van der Waals surface area contributed by atoms with Gasteiger partial charge in [-0.1, -0.05) is 35.9 Å². The van der Waals surface area contributed by atoms with E-state index in [4.69, 9.17) is 16.3 Å². The van der Waals surface area contributed by atoms with Crippen LogP contribution in [0.25, 0.3) is 0 Å². The molecule has 0 heterocycles. The predicted octanol–water partition coefficient (Wildman–Crippen LogP) is 3.87. The van der Waals surface area contributed by atoms with Gasteiger partial charge in [-0.3, -0.25) is 0 Å². The topological polar surface area (TPSA) is 84.8 Å². The Kier molecular flexibility index (Phi) is 6.08. The van der Waals surface area contributed by atoms with Crippen molar-refractivity contribution in [3.05, 3.63) is 95.0 Å². The fourth-order valence-electron chi connectivity index (χ4n) is 2.23. The quantitative estimate of drug-likeness (QED) is 0.287. The molecule has 0 aliphatic heterocycles. The number of sulfonamides is 1. The molecular formula is C20H15ClN2O4S. The third-order valence-corrected chi connectivity index (χ3v) is 5.06. The molecule has 3 aromatic rings. The first-order valence-corrected chi connectivity index (χ1v) is 9.98. The number of hydrogen-bond acceptors (Lipinski definition) is 5. The average molecular weight is 415 g/mol. The number of esters is 1. The summed E-state index contributed by atoms with van der Waals surface area (Å²) in [5.41, 5.74) is 0.965. The number of hydrogen-bond donors (Lipinski definition) is 1. The van der Waals surface area contributed by atoms with Crippen LogP contribution in [0.1, 0.15) is 15.9 Å². The van der Waals surface area contributed by atoms with Gasteiger partial charge in [0.2, 0.25) is 0 Å². The van der Waals surface area contributed by atoms with Gasteiger partial charge in [0.15, 0.2) is 0 Å². The molecule has 0 unspecified atom stereocenters. The van der Waals surface area contributed by atoms with E-state index in [2.05, 4.69) is 9.93 Å². The molecule has 0 spiro atoms. The Morgan fingerprint density at radius 3 is 2.36 bits per heavy atom. The molecule has 0 amide bonds. The maximum Gasteiger partial charge on any atom is 0.343 e. The largest absolute Gasteiger partial charge is 0.423 e. The molecule has 0 fully saturated rings. The molecule has 0 aliphatic rings. The van der Waals surface area contributed by atoms with Crippen LogP contribution in [0.3, 0.4) is 0 Å². The second kappa shape index (κ2) is 8.69. The van der Waals surface area contributed by atoms with E-state index in [-0.39, 0.29) is 4.90 Å². The lowest BCUT2D eigenvalue weighted by molar-refractivity contribution is 0.0734. The summed E-state index contributed by atoms with van der Waals surface area (Å²) >= 11 is 5.86. The first-order chi connectivity index (χ1) is 13.4. The van der Waals surface area contributed by atoms with Gasteiger partial charge in [0.1, 0.15) is 5.75 Å². The van der Waals surface area contributed by atoms with Gasteiger partial charge < -0.3 is 4.74 Å². The summed E-state index contributed by atoms with van der Waals surface area (Å²) in [5.74, 6) is -0.188. The maximum atomic E-state index is 12.1. The fourth-order valence-corrected chi connectivity index (χ4v) is 3.23. The SMILES string of the molecule is O=C(Oc1ccc(C=NNS(=O)(=O)c2ccccc2)cc1)c1cccc(Cl)c1. The Bertz CT molecular complexity index is 1100. The second-order valence-electron chi connectivity index (χ2n) is 5.63. The van der Waals surface area contributed by atoms with Gasteiger partial charge in [0.05, 0.1) is 16.7 Å². The van der Waals surface area contributed by atoms with Crippen LogP contribution in [0.5, 0.6) is 5.75 Å². The first kappa shape index (κ1) is 19.6. The molecule has 28 heavy (non-hydrogen) atoms. The van der Waals surface area contributed by atoms with Gasteiger partial charge >= 0.3 is 5.97 Å². The lowest BCUT2D eigenvalue weighted by Crippen LogP contribution is -2.18. The highest BCUT2D eigenvalue weighted by Crippen LogP contribution is 2.16. The van der Waals surface area contributed by atoms with Gasteiger partial charge in [-0.15, -0.1) is 0 Å². The molecule has 0 radical (unpaired) electrons. The molecule has 0 atom stereocenters. The van der Waals surface area contributed by atoms with Gasteiger partial charge in [0, 0.05) is 5.02 Å². The van der Waals surface area contributed by atoms with Crippen LogP contribution < -0.4 is 9.57 Å². The van der Waals surface area contributed by atoms with Gasteiger partial charge in [-0.25, -0.2) is 9.63 Å². The van der Waals surface area contributed by atoms with E-state index in [0.717, 1.165) is 0 Å². The highest BCUT2D eigenvalue weighted by atomic mass is 35.5. The summed E-state index contributed by atoms with van der Waals surface area (Å²) in [5, 5.41) is 4.20. The number of carbonyl (C=O) groups excluding carboxylic acids is 1. The standard InChI is InChI=1S/C20H15ClN2O4S/c21-17-6-4-5-16(13-17)20(24)27-18-11-9-15(10-12-18)14-22-23-28(25,26)19-7-2-1-3-8-19/h1-14,23H. The molecule has 0 saturated carbocycles. The van der Waals surface area contributed by atoms with E-state index in [9.17, 15) is 13.2 Å². The number of halogens is 1. The van der Waals surface area contributed by atoms with Crippen molar-refractivity contribution >= 4 is 33.8 Å². The molecule has 1 N–H and O–H groups in total. The molecule has 3 aromatic carbocycles.